The molecule has 0 aliphatic rings. The van der Waals surface area contributed by atoms with Gasteiger partial charge < -0.3 is 5.32 Å². The van der Waals surface area contributed by atoms with E-state index in [0.717, 1.165) is 6.54 Å². The molecular formula is C23H46INS2. The van der Waals surface area contributed by atoms with E-state index in [1.807, 2.05) is 0 Å². The Kier molecular flexibility index (Phi) is 25.9. The van der Waals surface area contributed by atoms with E-state index < -0.39 is 0 Å². The molecule has 0 aromatic carbocycles. The van der Waals surface area contributed by atoms with E-state index in [4.69, 9.17) is 12.2 Å². The Hall–Kier alpha value is 0.970. The maximum atomic E-state index is 4.88. The summed E-state index contributed by atoms with van der Waals surface area (Å²) in [6.07, 6.45) is 28.7. The first kappa shape index (κ1) is 28.0. The minimum absolute atomic E-state index is 0.628. The third kappa shape index (κ3) is 27.0. The number of unbranched alkanes of at least 4 members (excludes halogenated alkanes) is 19. The molecule has 0 saturated carbocycles. The standard InChI is InChI=1S/C23H46INS2/c24-21-19-17-15-13-11-9-7-5-3-1-2-4-6-8-10-12-14-16-18-20-22-25-23(26)27/h1-22H2,(H2,25,26,27). The van der Waals surface area contributed by atoms with Crippen LogP contribution in [0.3, 0.4) is 0 Å². The highest BCUT2D eigenvalue weighted by molar-refractivity contribution is 14.1. The SMILES string of the molecule is S=C(S)NCCCCCCCCCCCCCCCCCCCCCCI. The van der Waals surface area contributed by atoms with Crippen molar-refractivity contribution in [1.82, 2.24) is 5.32 Å². The summed E-state index contributed by atoms with van der Waals surface area (Å²) < 4.78 is 1.96. The first-order chi connectivity index (χ1) is 13.3. The molecule has 0 amide bonds. The highest BCUT2D eigenvalue weighted by atomic mass is 127. The van der Waals surface area contributed by atoms with Crippen molar-refractivity contribution >= 4 is 51.8 Å². The van der Waals surface area contributed by atoms with Gasteiger partial charge in [0.1, 0.15) is 4.32 Å². The van der Waals surface area contributed by atoms with Crippen molar-refractivity contribution in [2.24, 2.45) is 0 Å². The van der Waals surface area contributed by atoms with Gasteiger partial charge >= 0.3 is 0 Å². The average Bonchev–Trinajstić information content (AvgIpc) is 2.65. The predicted molar refractivity (Wildman–Crippen MR) is 141 cm³/mol. The summed E-state index contributed by atoms with van der Waals surface area (Å²) in [6, 6.07) is 0. The number of rotatable bonds is 22. The molecule has 1 N–H and O–H groups in total. The molecule has 0 aliphatic carbocycles. The monoisotopic (exact) mass is 527 g/mol. The van der Waals surface area contributed by atoms with Crippen LogP contribution in [0, 0.1) is 0 Å². The van der Waals surface area contributed by atoms with Crippen molar-refractivity contribution < 1.29 is 0 Å². The summed E-state index contributed by atoms with van der Waals surface area (Å²) in [5.41, 5.74) is 0. The second-order valence-corrected chi connectivity index (χ2v) is 10.2. The normalized spacial score (nSPS) is 11.0. The van der Waals surface area contributed by atoms with E-state index in [-0.39, 0.29) is 0 Å². The van der Waals surface area contributed by atoms with Gasteiger partial charge in [0.05, 0.1) is 0 Å². The smallest absolute Gasteiger partial charge is 0.130 e. The molecule has 0 spiro atoms. The zero-order valence-electron chi connectivity index (χ0n) is 17.8. The van der Waals surface area contributed by atoms with Gasteiger partial charge in [0.15, 0.2) is 0 Å². The lowest BCUT2D eigenvalue weighted by molar-refractivity contribution is 0.522. The van der Waals surface area contributed by atoms with E-state index in [0.29, 0.717) is 4.32 Å². The van der Waals surface area contributed by atoms with E-state index in [2.05, 4.69) is 40.5 Å². The van der Waals surface area contributed by atoms with Crippen molar-refractivity contribution in [2.45, 2.75) is 128 Å². The molecule has 0 atom stereocenters. The van der Waals surface area contributed by atoms with Crippen LogP contribution in [0.25, 0.3) is 0 Å². The van der Waals surface area contributed by atoms with Crippen molar-refractivity contribution in [2.75, 3.05) is 11.0 Å². The lowest BCUT2D eigenvalue weighted by atomic mass is 10.0. The lowest BCUT2D eigenvalue weighted by Gasteiger charge is -2.04. The van der Waals surface area contributed by atoms with Gasteiger partial charge in [0, 0.05) is 6.54 Å². The predicted octanol–water partition coefficient (Wildman–Crippen LogP) is 9.03. The molecule has 0 saturated heterocycles. The van der Waals surface area contributed by atoms with E-state index in [1.54, 1.807) is 0 Å². The Morgan fingerprint density at radius 3 is 1.04 bits per heavy atom. The molecule has 0 heterocycles. The zero-order chi connectivity index (χ0) is 19.8. The van der Waals surface area contributed by atoms with Gasteiger partial charge in [-0.05, 0) is 17.3 Å². The minimum Gasteiger partial charge on any atom is -0.371 e. The molecule has 0 rings (SSSR count). The Morgan fingerprint density at radius 2 is 0.778 bits per heavy atom. The van der Waals surface area contributed by atoms with E-state index >= 15 is 0 Å². The average molecular weight is 528 g/mol. The molecule has 162 valence electrons. The van der Waals surface area contributed by atoms with Crippen LogP contribution < -0.4 is 5.32 Å². The number of alkyl halides is 1. The topological polar surface area (TPSA) is 12.0 Å². The van der Waals surface area contributed by atoms with Crippen molar-refractivity contribution in [3.05, 3.63) is 0 Å². The summed E-state index contributed by atoms with van der Waals surface area (Å²) in [5.74, 6) is 0. The van der Waals surface area contributed by atoms with Crippen molar-refractivity contribution in [1.29, 1.82) is 0 Å². The number of nitrogens with one attached hydrogen (secondary N) is 1. The third-order valence-electron chi connectivity index (χ3n) is 5.34. The van der Waals surface area contributed by atoms with Crippen molar-refractivity contribution in [3.63, 3.8) is 0 Å². The molecule has 0 fully saturated rings. The van der Waals surface area contributed by atoms with E-state index in [1.165, 1.54) is 133 Å². The van der Waals surface area contributed by atoms with Crippen LogP contribution in [0.1, 0.15) is 128 Å². The Balaban J connectivity index is 2.98. The highest BCUT2D eigenvalue weighted by Gasteiger charge is 1.95. The largest absolute Gasteiger partial charge is 0.371 e. The summed E-state index contributed by atoms with van der Waals surface area (Å²) >= 11 is 11.4. The molecule has 0 aromatic heterocycles. The van der Waals surface area contributed by atoms with Crippen LogP contribution in [-0.4, -0.2) is 15.3 Å². The maximum absolute atomic E-state index is 4.88. The number of hydrogen-bond donors (Lipinski definition) is 2. The fourth-order valence-corrected chi connectivity index (χ4v) is 4.35. The fourth-order valence-electron chi connectivity index (χ4n) is 3.60. The number of hydrogen-bond acceptors (Lipinski definition) is 1. The van der Waals surface area contributed by atoms with Gasteiger partial charge in [0.2, 0.25) is 0 Å². The molecule has 0 radical (unpaired) electrons. The first-order valence-electron chi connectivity index (χ1n) is 11.8. The number of thiocarbonyl (C=S) groups is 1. The van der Waals surface area contributed by atoms with Gasteiger partial charge in [0.25, 0.3) is 0 Å². The highest BCUT2D eigenvalue weighted by Crippen LogP contribution is 2.14. The molecule has 0 unspecified atom stereocenters. The van der Waals surface area contributed by atoms with Gasteiger partial charge in [-0.3, -0.25) is 0 Å². The first-order valence-corrected chi connectivity index (χ1v) is 14.2. The maximum Gasteiger partial charge on any atom is 0.130 e. The minimum atomic E-state index is 0.628. The molecule has 0 aliphatic heterocycles. The number of thiol groups is 1. The van der Waals surface area contributed by atoms with Gasteiger partial charge in [-0.2, -0.15) is 0 Å². The summed E-state index contributed by atoms with van der Waals surface area (Å²) in [6.45, 7) is 0.987. The Morgan fingerprint density at radius 1 is 0.519 bits per heavy atom. The van der Waals surface area contributed by atoms with Crippen LogP contribution in [0.2, 0.25) is 0 Å². The zero-order valence-corrected chi connectivity index (χ0v) is 21.7. The second-order valence-electron chi connectivity index (χ2n) is 7.99. The van der Waals surface area contributed by atoms with Crippen molar-refractivity contribution in [3.8, 4) is 0 Å². The lowest BCUT2D eigenvalue weighted by Crippen LogP contribution is -2.17. The summed E-state index contributed by atoms with van der Waals surface area (Å²) in [7, 11) is 0. The quantitative estimate of drug-likeness (QED) is 0.0479. The molecule has 0 aromatic rings. The van der Waals surface area contributed by atoms with Crippen LogP contribution in [0.15, 0.2) is 0 Å². The van der Waals surface area contributed by atoms with Crippen LogP contribution >= 0.6 is 47.4 Å². The van der Waals surface area contributed by atoms with Crippen LogP contribution in [-0.2, 0) is 0 Å². The fraction of sp³-hybridized carbons (Fsp3) is 0.957. The molecular weight excluding hydrogens is 481 g/mol. The van der Waals surface area contributed by atoms with Gasteiger partial charge in [-0.1, -0.05) is 150 Å². The Bertz CT molecular complexity index is 300. The third-order valence-corrected chi connectivity index (χ3v) is 6.40. The van der Waals surface area contributed by atoms with Gasteiger partial charge in [-0.15, -0.1) is 12.6 Å². The summed E-state index contributed by atoms with van der Waals surface area (Å²) in [5, 5.41) is 3.10. The molecule has 4 heteroatoms. The van der Waals surface area contributed by atoms with Crippen LogP contribution in [0.5, 0.6) is 0 Å². The van der Waals surface area contributed by atoms with Gasteiger partial charge in [-0.25, -0.2) is 0 Å². The number of halogens is 1. The van der Waals surface area contributed by atoms with E-state index in [9.17, 15) is 0 Å². The molecule has 1 nitrogen and oxygen atoms in total. The summed E-state index contributed by atoms with van der Waals surface area (Å²) in [4.78, 5) is 0. The second kappa shape index (κ2) is 25.0. The molecule has 27 heavy (non-hydrogen) atoms. The molecule has 0 bridgehead atoms. The Labute approximate surface area is 195 Å². The van der Waals surface area contributed by atoms with Crippen LogP contribution in [0.4, 0.5) is 0 Å².